The Kier molecular flexibility index (Phi) is 12.3. The van der Waals surface area contributed by atoms with Crippen LogP contribution in [-0.2, 0) is 14.3 Å². The number of unbranched alkanes of at least 4 members (excludes halogenated alkanes) is 6. The zero-order valence-corrected chi connectivity index (χ0v) is 13.0. The molecular formula is C16H30O4. The second kappa shape index (κ2) is 12.9. The monoisotopic (exact) mass is 286 g/mol. The van der Waals surface area contributed by atoms with E-state index in [2.05, 4.69) is 13.8 Å². The Morgan fingerprint density at radius 3 is 2.15 bits per heavy atom. The number of carboxylic acid groups (broad SMARTS) is 1. The first-order chi connectivity index (χ1) is 9.60. The minimum atomic E-state index is -0.901. The number of aliphatic carboxylic acids is 1. The van der Waals surface area contributed by atoms with Crippen LogP contribution in [0.2, 0.25) is 0 Å². The molecule has 1 N–H and O–H groups in total. The van der Waals surface area contributed by atoms with Crippen LogP contribution in [0.5, 0.6) is 0 Å². The van der Waals surface area contributed by atoms with Crippen molar-refractivity contribution in [2.45, 2.75) is 90.6 Å². The van der Waals surface area contributed by atoms with Crippen molar-refractivity contribution in [3.63, 3.8) is 0 Å². The molecule has 0 saturated carbocycles. The SMILES string of the molecule is CCCCCCCC(=O)OC(CCCCC)CC(=O)O. The van der Waals surface area contributed by atoms with Gasteiger partial charge in [-0.1, -0.05) is 52.4 Å². The molecule has 1 atom stereocenters. The Balaban J connectivity index is 3.88. The second-order valence-electron chi connectivity index (χ2n) is 5.37. The van der Waals surface area contributed by atoms with Crippen LogP contribution >= 0.6 is 0 Å². The van der Waals surface area contributed by atoms with Crippen LogP contribution in [0, 0.1) is 0 Å². The first kappa shape index (κ1) is 18.9. The van der Waals surface area contributed by atoms with Crippen LogP contribution in [0.25, 0.3) is 0 Å². The van der Waals surface area contributed by atoms with Gasteiger partial charge < -0.3 is 9.84 Å². The van der Waals surface area contributed by atoms with Gasteiger partial charge in [0.1, 0.15) is 6.10 Å². The highest BCUT2D eigenvalue weighted by atomic mass is 16.5. The molecule has 4 heteroatoms. The van der Waals surface area contributed by atoms with E-state index < -0.39 is 12.1 Å². The summed E-state index contributed by atoms with van der Waals surface area (Å²) in [5.41, 5.74) is 0. The van der Waals surface area contributed by atoms with E-state index in [0.717, 1.165) is 38.5 Å². The van der Waals surface area contributed by atoms with Gasteiger partial charge >= 0.3 is 11.9 Å². The Bertz CT molecular complexity index is 263. The molecule has 0 spiro atoms. The third-order valence-corrected chi connectivity index (χ3v) is 3.31. The third kappa shape index (κ3) is 12.0. The molecule has 0 saturated heterocycles. The number of carbonyl (C=O) groups is 2. The van der Waals surface area contributed by atoms with Crippen LogP contribution in [0.15, 0.2) is 0 Å². The summed E-state index contributed by atoms with van der Waals surface area (Å²) in [5, 5.41) is 8.84. The molecule has 1 unspecified atom stereocenters. The molecule has 0 aliphatic heterocycles. The highest BCUT2D eigenvalue weighted by molar-refractivity contribution is 5.71. The fraction of sp³-hybridized carbons (Fsp3) is 0.875. The highest BCUT2D eigenvalue weighted by Crippen LogP contribution is 2.13. The molecule has 0 aromatic heterocycles. The smallest absolute Gasteiger partial charge is 0.307 e. The molecule has 0 aliphatic carbocycles. The van der Waals surface area contributed by atoms with E-state index in [-0.39, 0.29) is 12.4 Å². The summed E-state index contributed by atoms with van der Waals surface area (Å²) in [7, 11) is 0. The molecule has 118 valence electrons. The molecule has 20 heavy (non-hydrogen) atoms. The summed E-state index contributed by atoms with van der Waals surface area (Å²) >= 11 is 0. The average molecular weight is 286 g/mol. The van der Waals surface area contributed by atoms with Gasteiger partial charge in [-0.15, -0.1) is 0 Å². The largest absolute Gasteiger partial charge is 0.481 e. The van der Waals surface area contributed by atoms with Gasteiger partial charge in [0.25, 0.3) is 0 Å². The van der Waals surface area contributed by atoms with Gasteiger partial charge in [-0.25, -0.2) is 0 Å². The predicted octanol–water partition coefficient (Wildman–Crippen LogP) is 4.31. The van der Waals surface area contributed by atoms with E-state index in [1.54, 1.807) is 0 Å². The van der Waals surface area contributed by atoms with Crippen LogP contribution < -0.4 is 0 Å². The number of ether oxygens (including phenoxy) is 1. The van der Waals surface area contributed by atoms with Gasteiger partial charge in [-0.05, 0) is 19.3 Å². The van der Waals surface area contributed by atoms with Gasteiger partial charge in [0.15, 0.2) is 0 Å². The number of hydrogen-bond acceptors (Lipinski definition) is 3. The van der Waals surface area contributed by atoms with E-state index in [4.69, 9.17) is 9.84 Å². The number of rotatable bonds is 13. The lowest BCUT2D eigenvalue weighted by Gasteiger charge is -2.16. The second-order valence-corrected chi connectivity index (χ2v) is 5.37. The van der Waals surface area contributed by atoms with Gasteiger partial charge in [-0.2, -0.15) is 0 Å². The maximum absolute atomic E-state index is 11.7. The first-order valence-corrected chi connectivity index (χ1v) is 8.01. The molecule has 0 aromatic rings. The Labute approximate surface area is 122 Å². The lowest BCUT2D eigenvalue weighted by molar-refractivity contribution is -0.153. The zero-order chi connectivity index (χ0) is 15.2. The molecule has 0 fully saturated rings. The Morgan fingerprint density at radius 1 is 0.950 bits per heavy atom. The van der Waals surface area contributed by atoms with Crippen molar-refractivity contribution < 1.29 is 19.4 Å². The number of esters is 1. The number of hydrogen-bond donors (Lipinski definition) is 1. The highest BCUT2D eigenvalue weighted by Gasteiger charge is 2.17. The van der Waals surface area contributed by atoms with Crippen molar-refractivity contribution in [2.24, 2.45) is 0 Å². The molecule has 0 bridgehead atoms. The summed E-state index contributed by atoms with van der Waals surface area (Å²) in [4.78, 5) is 22.5. The van der Waals surface area contributed by atoms with Gasteiger partial charge in [-0.3, -0.25) is 9.59 Å². The van der Waals surface area contributed by atoms with Crippen molar-refractivity contribution >= 4 is 11.9 Å². The molecule has 4 nitrogen and oxygen atoms in total. The molecule has 0 rings (SSSR count). The maximum Gasteiger partial charge on any atom is 0.307 e. The summed E-state index contributed by atoms with van der Waals surface area (Å²) in [6, 6.07) is 0. The molecular weight excluding hydrogens is 256 g/mol. The zero-order valence-electron chi connectivity index (χ0n) is 13.0. The fourth-order valence-corrected chi connectivity index (χ4v) is 2.14. The third-order valence-electron chi connectivity index (χ3n) is 3.31. The van der Waals surface area contributed by atoms with Crippen LogP contribution in [0.4, 0.5) is 0 Å². The first-order valence-electron chi connectivity index (χ1n) is 8.01. The quantitative estimate of drug-likeness (QED) is 0.404. The van der Waals surface area contributed by atoms with Crippen molar-refractivity contribution in [2.75, 3.05) is 0 Å². The predicted molar refractivity (Wildman–Crippen MR) is 79.7 cm³/mol. The Morgan fingerprint density at radius 2 is 1.55 bits per heavy atom. The lowest BCUT2D eigenvalue weighted by atomic mass is 10.1. The normalized spacial score (nSPS) is 12.1. The van der Waals surface area contributed by atoms with Crippen LogP contribution in [0.3, 0.4) is 0 Å². The summed E-state index contributed by atoms with van der Waals surface area (Å²) in [6.07, 6.45) is 8.99. The van der Waals surface area contributed by atoms with Gasteiger partial charge in [0, 0.05) is 6.42 Å². The van der Waals surface area contributed by atoms with E-state index in [1.165, 1.54) is 12.8 Å². The topological polar surface area (TPSA) is 63.6 Å². The van der Waals surface area contributed by atoms with E-state index in [1.807, 2.05) is 0 Å². The van der Waals surface area contributed by atoms with Gasteiger partial charge in [0.05, 0.1) is 6.42 Å². The summed E-state index contributed by atoms with van der Waals surface area (Å²) in [5.74, 6) is -1.15. The summed E-state index contributed by atoms with van der Waals surface area (Å²) < 4.78 is 5.29. The summed E-state index contributed by atoms with van der Waals surface area (Å²) in [6.45, 7) is 4.25. The maximum atomic E-state index is 11.7. The lowest BCUT2D eigenvalue weighted by Crippen LogP contribution is -2.21. The minimum Gasteiger partial charge on any atom is -0.481 e. The minimum absolute atomic E-state index is 0.0781. The van der Waals surface area contributed by atoms with Gasteiger partial charge in [0.2, 0.25) is 0 Å². The Hall–Kier alpha value is -1.06. The molecule has 0 aromatic carbocycles. The molecule has 0 aliphatic rings. The average Bonchev–Trinajstić information content (AvgIpc) is 2.38. The molecule has 0 radical (unpaired) electrons. The number of carboxylic acids is 1. The van der Waals surface area contributed by atoms with Crippen LogP contribution in [-0.4, -0.2) is 23.1 Å². The van der Waals surface area contributed by atoms with E-state index in [0.29, 0.717) is 12.8 Å². The molecule has 0 heterocycles. The fourth-order valence-electron chi connectivity index (χ4n) is 2.14. The molecule has 0 amide bonds. The van der Waals surface area contributed by atoms with Crippen molar-refractivity contribution in [1.82, 2.24) is 0 Å². The van der Waals surface area contributed by atoms with Crippen molar-refractivity contribution in [3.05, 3.63) is 0 Å². The van der Waals surface area contributed by atoms with E-state index >= 15 is 0 Å². The number of carbonyl (C=O) groups excluding carboxylic acids is 1. The van der Waals surface area contributed by atoms with E-state index in [9.17, 15) is 9.59 Å². The van der Waals surface area contributed by atoms with Crippen molar-refractivity contribution in [3.8, 4) is 0 Å². The van der Waals surface area contributed by atoms with Crippen molar-refractivity contribution in [1.29, 1.82) is 0 Å². The standard InChI is InChI=1S/C16H30O4/c1-3-5-7-8-10-12-16(19)20-14(13-15(17)18)11-9-6-4-2/h14H,3-13H2,1-2H3,(H,17,18). The van der Waals surface area contributed by atoms with Crippen LogP contribution in [0.1, 0.15) is 84.5 Å².